The second-order valence-electron chi connectivity index (χ2n) is 4.00. The van der Waals surface area contributed by atoms with Crippen molar-refractivity contribution in [2.45, 2.75) is 25.5 Å². The van der Waals surface area contributed by atoms with Crippen molar-refractivity contribution < 1.29 is 9.00 Å². The molecule has 1 aromatic rings. The molecule has 0 aliphatic rings. The normalized spacial score (nSPS) is 13.9. The van der Waals surface area contributed by atoms with Gasteiger partial charge in [-0.3, -0.25) is 9.00 Å². The van der Waals surface area contributed by atoms with E-state index < -0.39 is 10.8 Å². The van der Waals surface area contributed by atoms with Gasteiger partial charge in [-0.15, -0.1) is 11.3 Å². The molecule has 0 saturated carbocycles. The Morgan fingerprint density at radius 3 is 2.57 bits per heavy atom. The van der Waals surface area contributed by atoms with Crippen molar-refractivity contribution in [3.05, 3.63) is 22.4 Å². The molecule has 14 heavy (non-hydrogen) atoms. The number of hydrogen-bond acceptors (Lipinski definition) is 3. The van der Waals surface area contributed by atoms with Crippen molar-refractivity contribution in [2.24, 2.45) is 0 Å². The molecule has 0 spiro atoms. The Bertz CT molecular complexity index is 334. The van der Waals surface area contributed by atoms with E-state index in [9.17, 15) is 9.00 Å². The van der Waals surface area contributed by atoms with Crippen LogP contribution in [0.15, 0.2) is 17.5 Å². The highest BCUT2D eigenvalue weighted by Gasteiger charge is 2.22. The highest BCUT2D eigenvalue weighted by atomic mass is 32.2. The molecule has 4 heteroatoms. The van der Waals surface area contributed by atoms with Crippen molar-refractivity contribution in [2.75, 3.05) is 5.75 Å². The summed E-state index contributed by atoms with van der Waals surface area (Å²) in [7, 11) is -1.09. The second kappa shape index (κ2) is 4.36. The molecule has 1 heterocycles. The van der Waals surface area contributed by atoms with E-state index in [1.807, 2.05) is 32.2 Å². The van der Waals surface area contributed by atoms with Gasteiger partial charge in [-0.05, 0) is 32.2 Å². The van der Waals surface area contributed by atoms with Crippen LogP contribution in [0, 0.1) is 0 Å². The molecule has 0 amide bonds. The van der Waals surface area contributed by atoms with Crippen molar-refractivity contribution in [1.29, 1.82) is 0 Å². The molecule has 0 fully saturated rings. The fourth-order valence-electron chi connectivity index (χ4n) is 0.844. The van der Waals surface area contributed by atoms with Gasteiger partial charge < -0.3 is 0 Å². The number of rotatable bonds is 3. The molecule has 2 nitrogen and oxygen atoms in total. The SMILES string of the molecule is CC(C)(C)S(=O)CC(=O)c1cccs1. The molecule has 0 aromatic carbocycles. The lowest BCUT2D eigenvalue weighted by Gasteiger charge is -2.16. The third kappa shape index (κ3) is 3.03. The monoisotopic (exact) mass is 230 g/mol. The Morgan fingerprint density at radius 2 is 2.14 bits per heavy atom. The lowest BCUT2D eigenvalue weighted by molar-refractivity contribution is 0.102. The molecule has 0 N–H and O–H groups in total. The number of thiophene rings is 1. The first kappa shape index (κ1) is 11.6. The maximum Gasteiger partial charge on any atom is 0.185 e. The van der Waals surface area contributed by atoms with Crippen molar-refractivity contribution in [1.82, 2.24) is 0 Å². The summed E-state index contributed by atoms with van der Waals surface area (Å²) >= 11 is 1.40. The second-order valence-corrected chi connectivity index (χ2v) is 7.15. The minimum Gasteiger partial charge on any atom is -0.292 e. The summed E-state index contributed by atoms with van der Waals surface area (Å²) in [6.07, 6.45) is 0. The van der Waals surface area contributed by atoms with Gasteiger partial charge in [-0.2, -0.15) is 0 Å². The first-order valence-corrected chi connectivity index (χ1v) is 6.56. The van der Waals surface area contributed by atoms with Crippen LogP contribution in [0.3, 0.4) is 0 Å². The van der Waals surface area contributed by atoms with Crippen molar-refractivity contribution in [3.63, 3.8) is 0 Å². The van der Waals surface area contributed by atoms with Gasteiger partial charge >= 0.3 is 0 Å². The van der Waals surface area contributed by atoms with Gasteiger partial charge in [0.05, 0.1) is 10.6 Å². The molecule has 0 aliphatic carbocycles. The third-order valence-electron chi connectivity index (χ3n) is 1.74. The van der Waals surface area contributed by atoms with E-state index in [1.54, 1.807) is 6.07 Å². The summed E-state index contributed by atoms with van der Waals surface area (Å²) in [5, 5.41) is 1.85. The maximum atomic E-state index is 11.7. The van der Waals surface area contributed by atoms with E-state index in [2.05, 4.69) is 0 Å². The number of carbonyl (C=O) groups is 1. The predicted octanol–water partition coefficient (Wildman–Crippen LogP) is 2.48. The molecule has 0 bridgehead atoms. The van der Waals surface area contributed by atoms with E-state index in [0.29, 0.717) is 4.88 Å². The first-order chi connectivity index (χ1) is 6.41. The summed E-state index contributed by atoms with van der Waals surface area (Å²) in [6.45, 7) is 5.64. The summed E-state index contributed by atoms with van der Waals surface area (Å²) in [6, 6.07) is 3.60. The minimum absolute atomic E-state index is 0.0201. The molecule has 78 valence electrons. The summed E-state index contributed by atoms with van der Waals surface area (Å²) in [5.74, 6) is 0.109. The third-order valence-corrected chi connectivity index (χ3v) is 4.54. The van der Waals surface area contributed by atoms with Crippen LogP contribution in [0.1, 0.15) is 30.4 Å². The zero-order valence-corrected chi connectivity index (χ0v) is 10.2. The van der Waals surface area contributed by atoms with Gasteiger partial charge in [0.1, 0.15) is 0 Å². The van der Waals surface area contributed by atoms with Gasteiger partial charge in [0, 0.05) is 15.5 Å². The fraction of sp³-hybridized carbons (Fsp3) is 0.500. The van der Waals surface area contributed by atoms with E-state index >= 15 is 0 Å². The first-order valence-electron chi connectivity index (χ1n) is 4.36. The van der Waals surface area contributed by atoms with Crippen LogP contribution in [-0.4, -0.2) is 20.5 Å². The maximum absolute atomic E-state index is 11.7. The summed E-state index contributed by atoms with van der Waals surface area (Å²) in [5.41, 5.74) is 0. The number of ketones is 1. The smallest absolute Gasteiger partial charge is 0.185 e. The van der Waals surface area contributed by atoms with Crippen LogP contribution >= 0.6 is 11.3 Å². The van der Waals surface area contributed by atoms with Crippen molar-refractivity contribution >= 4 is 27.9 Å². The van der Waals surface area contributed by atoms with Crippen LogP contribution in [0.5, 0.6) is 0 Å². The zero-order chi connectivity index (χ0) is 10.8. The fourth-order valence-corrected chi connectivity index (χ4v) is 2.43. The molecular weight excluding hydrogens is 216 g/mol. The Hall–Kier alpha value is -0.480. The van der Waals surface area contributed by atoms with E-state index in [-0.39, 0.29) is 16.3 Å². The van der Waals surface area contributed by atoms with Gasteiger partial charge in [0.15, 0.2) is 5.78 Å². The topological polar surface area (TPSA) is 34.1 Å². The Kier molecular flexibility index (Phi) is 3.61. The molecule has 0 aliphatic heterocycles. The average Bonchev–Trinajstić information content (AvgIpc) is 2.53. The molecule has 1 unspecified atom stereocenters. The lowest BCUT2D eigenvalue weighted by Crippen LogP contribution is -2.27. The minimum atomic E-state index is -1.09. The number of hydrogen-bond donors (Lipinski definition) is 0. The molecule has 0 radical (unpaired) electrons. The Morgan fingerprint density at radius 1 is 1.50 bits per heavy atom. The highest BCUT2D eigenvalue weighted by molar-refractivity contribution is 7.87. The van der Waals surface area contributed by atoms with Gasteiger partial charge in [-0.1, -0.05) is 6.07 Å². The van der Waals surface area contributed by atoms with Gasteiger partial charge in [-0.25, -0.2) is 0 Å². The Balaban J connectivity index is 2.63. The molecule has 0 saturated heterocycles. The molecular formula is C10H14O2S2. The zero-order valence-electron chi connectivity index (χ0n) is 8.57. The van der Waals surface area contributed by atoms with Crippen LogP contribution in [-0.2, 0) is 10.8 Å². The molecule has 1 rings (SSSR count). The predicted molar refractivity (Wildman–Crippen MR) is 61.4 cm³/mol. The standard InChI is InChI=1S/C10H14O2S2/c1-10(2,3)14(12)7-8(11)9-5-4-6-13-9/h4-6H,7H2,1-3H3. The van der Waals surface area contributed by atoms with Crippen LogP contribution in [0.25, 0.3) is 0 Å². The number of carbonyl (C=O) groups excluding carboxylic acids is 1. The molecule has 1 aromatic heterocycles. The van der Waals surface area contributed by atoms with E-state index in [1.165, 1.54) is 11.3 Å². The van der Waals surface area contributed by atoms with Crippen LogP contribution in [0.2, 0.25) is 0 Å². The summed E-state index contributed by atoms with van der Waals surface area (Å²) in [4.78, 5) is 12.3. The lowest BCUT2D eigenvalue weighted by atomic mass is 10.3. The van der Waals surface area contributed by atoms with Crippen LogP contribution in [0.4, 0.5) is 0 Å². The van der Waals surface area contributed by atoms with Crippen LogP contribution < -0.4 is 0 Å². The Labute approximate surface area is 90.8 Å². The summed E-state index contributed by atoms with van der Waals surface area (Å²) < 4.78 is 11.4. The van der Waals surface area contributed by atoms with Gasteiger partial charge in [0.2, 0.25) is 0 Å². The van der Waals surface area contributed by atoms with Gasteiger partial charge in [0.25, 0.3) is 0 Å². The largest absolute Gasteiger partial charge is 0.292 e. The molecule has 1 atom stereocenters. The van der Waals surface area contributed by atoms with Crippen molar-refractivity contribution in [3.8, 4) is 0 Å². The highest BCUT2D eigenvalue weighted by Crippen LogP contribution is 2.15. The average molecular weight is 230 g/mol. The number of Topliss-reactive ketones (excluding diaryl/α,β-unsaturated/α-hetero) is 1. The quantitative estimate of drug-likeness (QED) is 0.748. The van der Waals surface area contributed by atoms with E-state index in [4.69, 9.17) is 0 Å². The van der Waals surface area contributed by atoms with E-state index in [0.717, 1.165) is 0 Å².